The molecule has 2 aromatic rings. The number of halogens is 1. The van der Waals surface area contributed by atoms with Crippen molar-refractivity contribution in [1.29, 1.82) is 0 Å². The molecule has 0 amide bonds. The van der Waals surface area contributed by atoms with Gasteiger partial charge in [-0.05, 0) is 41.3 Å². The third-order valence-corrected chi connectivity index (χ3v) is 3.43. The molecule has 0 bridgehead atoms. The highest BCUT2D eigenvalue weighted by Crippen LogP contribution is 2.46. The van der Waals surface area contributed by atoms with Crippen LogP contribution in [0.2, 0.25) is 5.02 Å². The number of benzene rings is 2. The van der Waals surface area contributed by atoms with Crippen LogP contribution in [0.3, 0.4) is 0 Å². The molecule has 0 radical (unpaired) electrons. The fourth-order valence-electron chi connectivity index (χ4n) is 2.06. The van der Waals surface area contributed by atoms with E-state index in [0.29, 0.717) is 5.92 Å². The summed E-state index contributed by atoms with van der Waals surface area (Å²) in [7, 11) is 0. The van der Waals surface area contributed by atoms with E-state index in [9.17, 15) is 0 Å². The molecular formula is C17H13Cl. The van der Waals surface area contributed by atoms with Crippen LogP contribution < -0.4 is 0 Å². The third-order valence-electron chi connectivity index (χ3n) is 3.18. The molecule has 0 aromatic heterocycles. The molecule has 1 aliphatic carbocycles. The van der Waals surface area contributed by atoms with Crippen molar-refractivity contribution in [2.75, 3.05) is 0 Å². The SMILES string of the molecule is Clc1ccc([C@H]2CC2=C=Cc2ccccc2)cc1. The number of rotatable bonds is 2. The summed E-state index contributed by atoms with van der Waals surface area (Å²) in [5, 5.41) is 0.796. The topological polar surface area (TPSA) is 0 Å². The lowest BCUT2D eigenvalue weighted by molar-refractivity contribution is 1.16. The Labute approximate surface area is 112 Å². The first-order valence-electron chi connectivity index (χ1n) is 6.09. The van der Waals surface area contributed by atoms with Gasteiger partial charge in [-0.25, -0.2) is 0 Å². The minimum absolute atomic E-state index is 0.544. The van der Waals surface area contributed by atoms with Crippen molar-refractivity contribution in [2.45, 2.75) is 12.3 Å². The Morgan fingerprint density at radius 3 is 2.44 bits per heavy atom. The van der Waals surface area contributed by atoms with E-state index in [0.717, 1.165) is 11.4 Å². The first kappa shape index (κ1) is 11.3. The Hall–Kier alpha value is -1.75. The first-order chi connectivity index (χ1) is 8.83. The lowest BCUT2D eigenvalue weighted by Gasteiger charge is -1.95. The highest BCUT2D eigenvalue weighted by Gasteiger charge is 2.30. The van der Waals surface area contributed by atoms with Gasteiger partial charge in [-0.1, -0.05) is 54.1 Å². The minimum Gasteiger partial charge on any atom is -0.120 e. The Balaban J connectivity index is 1.78. The van der Waals surface area contributed by atoms with Gasteiger partial charge in [-0.3, -0.25) is 0 Å². The first-order valence-corrected chi connectivity index (χ1v) is 6.47. The molecule has 2 aromatic carbocycles. The van der Waals surface area contributed by atoms with Gasteiger partial charge < -0.3 is 0 Å². The van der Waals surface area contributed by atoms with E-state index in [4.69, 9.17) is 11.6 Å². The number of hydrogen-bond donors (Lipinski definition) is 0. The van der Waals surface area contributed by atoms with Crippen LogP contribution >= 0.6 is 11.6 Å². The van der Waals surface area contributed by atoms with Crippen LogP contribution in [0, 0.1) is 0 Å². The molecule has 1 atom stereocenters. The van der Waals surface area contributed by atoms with Crippen molar-refractivity contribution in [3.8, 4) is 0 Å². The standard InChI is InChI=1S/C17H13Cl/c18-16-10-8-14(9-11-16)17-12-15(17)7-6-13-4-2-1-3-5-13/h1-6,8-11,17H,12H2/t7?,17-/m1/s1. The second kappa shape index (κ2) is 4.86. The minimum atomic E-state index is 0.544. The maximum atomic E-state index is 5.89. The zero-order valence-corrected chi connectivity index (χ0v) is 10.7. The molecule has 0 aliphatic heterocycles. The molecule has 1 heteroatoms. The van der Waals surface area contributed by atoms with E-state index in [2.05, 4.69) is 36.1 Å². The monoisotopic (exact) mass is 252 g/mol. The second-order valence-corrected chi connectivity index (χ2v) is 4.97. The van der Waals surface area contributed by atoms with E-state index >= 15 is 0 Å². The van der Waals surface area contributed by atoms with Gasteiger partial charge >= 0.3 is 0 Å². The summed E-state index contributed by atoms with van der Waals surface area (Å²) in [6, 6.07) is 18.4. The highest BCUT2D eigenvalue weighted by atomic mass is 35.5. The summed E-state index contributed by atoms with van der Waals surface area (Å²) in [5.41, 5.74) is 7.31. The zero-order chi connectivity index (χ0) is 12.4. The van der Waals surface area contributed by atoms with Crippen LogP contribution in [-0.2, 0) is 0 Å². The molecule has 0 saturated heterocycles. The molecule has 0 N–H and O–H groups in total. The molecule has 0 unspecified atom stereocenters. The zero-order valence-electron chi connectivity index (χ0n) is 9.94. The fraction of sp³-hybridized carbons (Fsp3) is 0.118. The van der Waals surface area contributed by atoms with Crippen molar-refractivity contribution in [2.24, 2.45) is 0 Å². The third kappa shape index (κ3) is 2.56. The Morgan fingerprint density at radius 1 is 1.00 bits per heavy atom. The van der Waals surface area contributed by atoms with Crippen molar-refractivity contribution in [1.82, 2.24) is 0 Å². The summed E-state index contributed by atoms with van der Waals surface area (Å²) < 4.78 is 0. The Morgan fingerprint density at radius 2 is 1.72 bits per heavy atom. The summed E-state index contributed by atoms with van der Waals surface area (Å²) >= 11 is 5.89. The highest BCUT2D eigenvalue weighted by molar-refractivity contribution is 6.30. The molecule has 1 fully saturated rings. The molecule has 1 aliphatic rings. The molecule has 0 nitrogen and oxygen atoms in total. The maximum Gasteiger partial charge on any atom is 0.0406 e. The van der Waals surface area contributed by atoms with Gasteiger partial charge in [0.05, 0.1) is 0 Å². The van der Waals surface area contributed by atoms with E-state index < -0.39 is 0 Å². The molecule has 3 rings (SSSR count). The smallest absolute Gasteiger partial charge is 0.0406 e. The summed E-state index contributed by atoms with van der Waals surface area (Å²) in [6.07, 6.45) is 3.18. The number of allylic oxidation sites excluding steroid dienone is 1. The quantitative estimate of drug-likeness (QED) is 0.655. The lowest BCUT2D eigenvalue weighted by atomic mass is 10.1. The fourth-order valence-corrected chi connectivity index (χ4v) is 2.19. The van der Waals surface area contributed by atoms with Crippen LogP contribution in [0.25, 0.3) is 6.08 Å². The molecular weight excluding hydrogens is 240 g/mol. The van der Waals surface area contributed by atoms with Crippen molar-refractivity contribution < 1.29 is 0 Å². The molecule has 88 valence electrons. The van der Waals surface area contributed by atoms with E-state index in [1.807, 2.05) is 30.3 Å². The van der Waals surface area contributed by atoms with Gasteiger partial charge in [-0.15, -0.1) is 5.73 Å². The van der Waals surface area contributed by atoms with Crippen LogP contribution in [-0.4, -0.2) is 0 Å². The molecule has 18 heavy (non-hydrogen) atoms. The Kier molecular flexibility index (Phi) is 3.06. The summed E-state index contributed by atoms with van der Waals surface area (Å²) in [4.78, 5) is 0. The van der Waals surface area contributed by atoms with Crippen LogP contribution in [0.1, 0.15) is 23.5 Å². The summed E-state index contributed by atoms with van der Waals surface area (Å²) in [5.74, 6) is 0.544. The van der Waals surface area contributed by atoms with Crippen molar-refractivity contribution in [3.05, 3.63) is 82.1 Å². The van der Waals surface area contributed by atoms with Crippen molar-refractivity contribution >= 4 is 17.7 Å². The van der Waals surface area contributed by atoms with Gasteiger partial charge in [0.2, 0.25) is 0 Å². The Bertz CT molecular complexity index is 602. The number of hydrogen-bond acceptors (Lipinski definition) is 0. The normalized spacial score (nSPS) is 17.2. The lowest BCUT2D eigenvalue weighted by Crippen LogP contribution is -1.76. The van der Waals surface area contributed by atoms with Gasteiger partial charge in [0, 0.05) is 10.9 Å². The second-order valence-electron chi connectivity index (χ2n) is 4.53. The largest absolute Gasteiger partial charge is 0.120 e. The van der Waals surface area contributed by atoms with Crippen LogP contribution in [0.5, 0.6) is 0 Å². The predicted octanol–water partition coefficient (Wildman–Crippen LogP) is 5.07. The van der Waals surface area contributed by atoms with E-state index in [1.165, 1.54) is 16.7 Å². The van der Waals surface area contributed by atoms with Crippen molar-refractivity contribution in [3.63, 3.8) is 0 Å². The van der Waals surface area contributed by atoms with E-state index in [1.54, 1.807) is 0 Å². The van der Waals surface area contributed by atoms with Gasteiger partial charge in [0.25, 0.3) is 0 Å². The van der Waals surface area contributed by atoms with Gasteiger partial charge in [0.1, 0.15) is 0 Å². The van der Waals surface area contributed by atoms with Crippen LogP contribution in [0.15, 0.2) is 65.9 Å². The molecule has 1 saturated carbocycles. The summed E-state index contributed by atoms with van der Waals surface area (Å²) in [6.45, 7) is 0. The van der Waals surface area contributed by atoms with Gasteiger partial charge in [0.15, 0.2) is 0 Å². The molecule has 0 spiro atoms. The maximum absolute atomic E-state index is 5.89. The molecule has 0 heterocycles. The van der Waals surface area contributed by atoms with E-state index in [-0.39, 0.29) is 0 Å². The predicted molar refractivity (Wildman–Crippen MR) is 76.7 cm³/mol. The average Bonchev–Trinajstić information content (AvgIpc) is 3.18. The average molecular weight is 253 g/mol. The van der Waals surface area contributed by atoms with Crippen LogP contribution in [0.4, 0.5) is 0 Å². The van der Waals surface area contributed by atoms with Gasteiger partial charge in [-0.2, -0.15) is 0 Å².